The van der Waals surface area contributed by atoms with Crippen molar-refractivity contribution >= 4 is 28.9 Å². The second kappa shape index (κ2) is 11.0. The van der Waals surface area contributed by atoms with Crippen LogP contribution in [0.15, 0.2) is 72.8 Å². The van der Waals surface area contributed by atoms with Gasteiger partial charge in [-0.1, -0.05) is 41.9 Å². The molecule has 0 aliphatic heterocycles. The highest BCUT2D eigenvalue weighted by Gasteiger charge is 2.08. The van der Waals surface area contributed by atoms with Crippen LogP contribution in [0.3, 0.4) is 0 Å². The summed E-state index contributed by atoms with van der Waals surface area (Å²) in [5.74, 6) is 1.78. The maximum atomic E-state index is 12.3. The summed E-state index contributed by atoms with van der Waals surface area (Å²) < 4.78 is 16.5. The first-order valence-electron chi connectivity index (χ1n) is 9.42. The Morgan fingerprint density at radius 3 is 2.40 bits per heavy atom. The number of hydrogen-bond donors (Lipinski definition) is 2. The van der Waals surface area contributed by atoms with Crippen LogP contribution < -0.4 is 24.8 Å². The summed E-state index contributed by atoms with van der Waals surface area (Å²) in [6.07, 6.45) is 0. The van der Waals surface area contributed by atoms with Gasteiger partial charge in [-0.2, -0.15) is 0 Å². The van der Waals surface area contributed by atoms with Crippen LogP contribution in [0, 0.1) is 0 Å². The van der Waals surface area contributed by atoms with E-state index in [-0.39, 0.29) is 12.5 Å². The van der Waals surface area contributed by atoms with E-state index in [0.717, 1.165) is 11.4 Å². The van der Waals surface area contributed by atoms with E-state index in [9.17, 15) is 4.79 Å². The van der Waals surface area contributed by atoms with E-state index in [1.807, 2.05) is 54.6 Å². The number of hydrogen-bond acceptors (Lipinski definition) is 5. The van der Waals surface area contributed by atoms with Crippen molar-refractivity contribution in [1.29, 1.82) is 0 Å². The summed E-state index contributed by atoms with van der Waals surface area (Å²) in [6.45, 7) is 0.867. The summed E-state index contributed by atoms with van der Waals surface area (Å²) in [4.78, 5) is 12.3. The molecule has 30 heavy (non-hydrogen) atoms. The largest absolute Gasteiger partial charge is 0.495 e. The highest BCUT2D eigenvalue weighted by molar-refractivity contribution is 6.32. The predicted molar refractivity (Wildman–Crippen MR) is 119 cm³/mol. The quantitative estimate of drug-likeness (QED) is 0.453. The Bertz CT molecular complexity index is 966. The van der Waals surface area contributed by atoms with Crippen LogP contribution in [0.2, 0.25) is 5.02 Å². The molecule has 3 rings (SSSR count). The number of carbonyl (C=O) groups is 1. The molecule has 3 aromatic carbocycles. The van der Waals surface area contributed by atoms with Crippen molar-refractivity contribution in [3.8, 4) is 17.2 Å². The van der Waals surface area contributed by atoms with E-state index in [0.29, 0.717) is 35.4 Å². The zero-order chi connectivity index (χ0) is 21.2. The molecule has 0 fully saturated rings. The minimum atomic E-state index is -0.210. The molecular formula is C23H23ClN2O4. The highest BCUT2D eigenvalue weighted by atomic mass is 35.5. The highest BCUT2D eigenvalue weighted by Crippen LogP contribution is 2.27. The smallest absolute Gasteiger partial charge is 0.243 e. The lowest BCUT2D eigenvalue weighted by Gasteiger charge is -2.14. The molecule has 0 spiro atoms. The second-order valence-corrected chi connectivity index (χ2v) is 6.66. The Labute approximate surface area is 180 Å². The molecule has 0 aliphatic rings. The van der Waals surface area contributed by atoms with E-state index in [1.165, 1.54) is 7.11 Å². The van der Waals surface area contributed by atoms with E-state index in [4.69, 9.17) is 25.8 Å². The topological polar surface area (TPSA) is 68.8 Å². The van der Waals surface area contributed by atoms with E-state index in [2.05, 4.69) is 10.6 Å². The van der Waals surface area contributed by atoms with E-state index < -0.39 is 0 Å². The summed E-state index contributed by atoms with van der Waals surface area (Å²) in [5, 5.41) is 6.32. The van der Waals surface area contributed by atoms with Gasteiger partial charge in [0.25, 0.3) is 0 Å². The number of benzene rings is 3. The summed E-state index contributed by atoms with van der Waals surface area (Å²) in [7, 11) is 1.54. The fourth-order valence-electron chi connectivity index (χ4n) is 2.69. The average Bonchev–Trinajstić information content (AvgIpc) is 2.77. The van der Waals surface area contributed by atoms with Crippen LogP contribution in [-0.4, -0.2) is 32.8 Å². The number of rotatable bonds is 10. The summed E-state index contributed by atoms with van der Waals surface area (Å²) in [6, 6.07) is 22.1. The maximum Gasteiger partial charge on any atom is 0.243 e. The third-order valence-electron chi connectivity index (χ3n) is 4.11. The van der Waals surface area contributed by atoms with Crippen molar-refractivity contribution in [3.05, 3.63) is 77.8 Å². The van der Waals surface area contributed by atoms with Gasteiger partial charge in [-0.3, -0.25) is 4.79 Å². The fourth-order valence-corrected chi connectivity index (χ4v) is 2.95. The van der Waals surface area contributed by atoms with Crippen LogP contribution in [0.4, 0.5) is 11.4 Å². The maximum absolute atomic E-state index is 12.3. The minimum Gasteiger partial charge on any atom is -0.495 e. The average molecular weight is 427 g/mol. The molecule has 0 unspecified atom stereocenters. The normalized spacial score (nSPS) is 10.2. The molecule has 0 atom stereocenters. The fraction of sp³-hybridized carbons (Fsp3) is 0.174. The minimum absolute atomic E-state index is 0.0739. The van der Waals surface area contributed by atoms with Crippen molar-refractivity contribution in [2.24, 2.45) is 0 Å². The van der Waals surface area contributed by atoms with Gasteiger partial charge in [0.2, 0.25) is 5.91 Å². The first-order valence-corrected chi connectivity index (χ1v) is 9.80. The molecule has 156 valence electrons. The van der Waals surface area contributed by atoms with Crippen LogP contribution >= 0.6 is 11.6 Å². The standard InChI is InChI=1S/C23H23ClN2O4/c1-28-21-12-11-17(15-19(21)24)26-23(27)16-25-20-9-5-6-10-22(20)30-14-13-29-18-7-3-2-4-8-18/h2-12,15,25H,13-14,16H2,1H3,(H,26,27). The van der Waals surface area contributed by atoms with Gasteiger partial charge < -0.3 is 24.8 Å². The molecule has 6 nitrogen and oxygen atoms in total. The van der Waals surface area contributed by atoms with Gasteiger partial charge >= 0.3 is 0 Å². The first kappa shape index (κ1) is 21.3. The molecule has 0 aromatic heterocycles. The van der Waals surface area contributed by atoms with Gasteiger partial charge in [0, 0.05) is 5.69 Å². The molecule has 0 saturated carbocycles. The van der Waals surface area contributed by atoms with Gasteiger partial charge in [-0.05, 0) is 42.5 Å². The van der Waals surface area contributed by atoms with Crippen molar-refractivity contribution in [3.63, 3.8) is 0 Å². The zero-order valence-corrected chi connectivity index (χ0v) is 17.3. The van der Waals surface area contributed by atoms with Crippen molar-refractivity contribution in [2.75, 3.05) is 37.5 Å². The molecule has 1 amide bonds. The van der Waals surface area contributed by atoms with Crippen LogP contribution in [-0.2, 0) is 4.79 Å². The van der Waals surface area contributed by atoms with Crippen LogP contribution in [0.1, 0.15) is 0 Å². The lowest BCUT2D eigenvalue weighted by Crippen LogP contribution is -2.22. The predicted octanol–water partition coefficient (Wildman–Crippen LogP) is 4.86. The van der Waals surface area contributed by atoms with Crippen LogP contribution in [0.25, 0.3) is 0 Å². The molecule has 0 bridgehead atoms. The molecule has 2 N–H and O–H groups in total. The Morgan fingerprint density at radius 2 is 1.63 bits per heavy atom. The Hall–Kier alpha value is -3.38. The molecule has 7 heteroatoms. The monoisotopic (exact) mass is 426 g/mol. The van der Waals surface area contributed by atoms with Crippen molar-refractivity contribution < 1.29 is 19.0 Å². The van der Waals surface area contributed by atoms with Gasteiger partial charge in [0.1, 0.15) is 30.5 Å². The lowest BCUT2D eigenvalue weighted by atomic mass is 10.3. The molecular weight excluding hydrogens is 404 g/mol. The summed E-state index contributed by atoms with van der Waals surface area (Å²) >= 11 is 6.09. The second-order valence-electron chi connectivity index (χ2n) is 6.26. The number of ether oxygens (including phenoxy) is 3. The number of methoxy groups -OCH3 is 1. The lowest BCUT2D eigenvalue weighted by molar-refractivity contribution is -0.114. The number of amides is 1. The Kier molecular flexibility index (Phi) is 7.80. The molecule has 0 heterocycles. The van der Waals surface area contributed by atoms with E-state index in [1.54, 1.807) is 18.2 Å². The van der Waals surface area contributed by atoms with Crippen molar-refractivity contribution in [1.82, 2.24) is 0 Å². The van der Waals surface area contributed by atoms with E-state index >= 15 is 0 Å². The number of halogens is 1. The number of anilines is 2. The van der Waals surface area contributed by atoms with Gasteiger partial charge in [0.15, 0.2) is 0 Å². The zero-order valence-electron chi connectivity index (χ0n) is 16.6. The Balaban J connectivity index is 1.48. The van der Waals surface area contributed by atoms with Gasteiger partial charge in [-0.25, -0.2) is 0 Å². The number of nitrogens with one attached hydrogen (secondary N) is 2. The van der Waals surface area contributed by atoms with Crippen molar-refractivity contribution in [2.45, 2.75) is 0 Å². The number of carbonyl (C=O) groups excluding carboxylic acids is 1. The number of para-hydroxylation sites is 3. The SMILES string of the molecule is COc1ccc(NC(=O)CNc2ccccc2OCCOc2ccccc2)cc1Cl. The van der Waals surface area contributed by atoms with Gasteiger partial charge in [-0.15, -0.1) is 0 Å². The molecule has 0 radical (unpaired) electrons. The molecule has 0 saturated heterocycles. The Morgan fingerprint density at radius 1 is 0.900 bits per heavy atom. The first-order chi connectivity index (χ1) is 14.7. The van der Waals surface area contributed by atoms with Crippen LogP contribution in [0.5, 0.6) is 17.2 Å². The molecule has 3 aromatic rings. The third kappa shape index (κ3) is 6.32. The molecule has 0 aliphatic carbocycles. The van der Waals surface area contributed by atoms with Gasteiger partial charge in [0.05, 0.1) is 24.4 Å². The third-order valence-corrected chi connectivity index (χ3v) is 4.41. The summed E-state index contributed by atoms with van der Waals surface area (Å²) in [5.41, 5.74) is 1.32.